The molecule has 16 heavy (non-hydrogen) atoms. The van der Waals surface area contributed by atoms with E-state index in [0.29, 0.717) is 6.07 Å². The van der Waals surface area contributed by atoms with E-state index in [1.807, 2.05) is 0 Å². The van der Waals surface area contributed by atoms with Gasteiger partial charge in [-0.15, -0.1) is 0 Å². The van der Waals surface area contributed by atoms with Crippen LogP contribution in [0.15, 0.2) is 12.1 Å². The molecular formula is C11H12F2O3. The van der Waals surface area contributed by atoms with Crippen molar-refractivity contribution in [1.29, 1.82) is 0 Å². The number of aromatic hydroxyl groups is 1. The Morgan fingerprint density at radius 2 is 1.75 bits per heavy atom. The number of benzene rings is 1. The lowest BCUT2D eigenvalue weighted by Crippen LogP contribution is -2.18. The van der Waals surface area contributed by atoms with E-state index in [2.05, 4.69) is 0 Å². The number of rotatable bonds is 3. The van der Waals surface area contributed by atoms with Crippen LogP contribution >= 0.6 is 0 Å². The lowest BCUT2D eigenvalue weighted by atomic mass is 9.88. The standard InChI is InChI=1S/C11H12F2O3/c1-5(2)10(11(15)16)6-3-7(12)8(13)4-9(6)14/h3-5,10,14H,1-2H3,(H,15,16). The van der Waals surface area contributed by atoms with Crippen LogP contribution in [-0.4, -0.2) is 16.2 Å². The first-order valence-electron chi connectivity index (χ1n) is 4.75. The highest BCUT2D eigenvalue weighted by atomic mass is 19.2. The Bertz CT molecular complexity index is 416. The van der Waals surface area contributed by atoms with Crippen molar-refractivity contribution < 1.29 is 23.8 Å². The lowest BCUT2D eigenvalue weighted by Gasteiger charge is -2.17. The highest BCUT2D eigenvalue weighted by Crippen LogP contribution is 2.33. The van der Waals surface area contributed by atoms with E-state index in [9.17, 15) is 18.7 Å². The van der Waals surface area contributed by atoms with Crippen molar-refractivity contribution in [3.05, 3.63) is 29.3 Å². The van der Waals surface area contributed by atoms with Gasteiger partial charge < -0.3 is 10.2 Å². The van der Waals surface area contributed by atoms with E-state index < -0.39 is 29.3 Å². The van der Waals surface area contributed by atoms with Gasteiger partial charge in [0.2, 0.25) is 0 Å². The normalized spacial score (nSPS) is 12.8. The van der Waals surface area contributed by atoms with Crippen molar-refractivity contribution in [2.45, 2.75) is 19.8 Å². The first-order valence-corrected chi connectivity index (χ1v) is 4.75. The summed E-state index contributed by atoms with van der Waals surface area (Å²) in [4.78, 5) is 11.0. The molecule has 0 saturated heterocycles. The predicted octanol–water partition coefficient (Wildman–Crippen LogP) is 2.49. The zero-order chi connectivity index (χ0) is 12.5. The molecule has 2 N–H and O–H groups in total. The molecule has 0 fully saturated rings. The molecule has 1 unspecified atom stereocenters. The maximum absolute atomic E-state index is 13.0. The molecule has 0 aliphatic rings. The van der Waals surface area contributed by atoms with Crippen LogP contribution in [0.5, 0.6) is 5.75 Å². The quantitative estimate of drug-likeness (QED) is 0.838. The lowest BCUT2D eigenvalue weighted by molar-refractivity contribution is -0.139. The smallest absolute Gasteiger partial charge is 0.311 e. The van der Waals surface area contributed by atoms with Crippen LogP contribution in [0.3, 0.4) is 0 Å². The topological polar surface area (TPSA) is 57.5 Å². The molecule has 0 heterocycles. The third-order valence-corrected chi connectivity index (χ3v) is 2.34. The molecule has 1 aromatic rings. The molecule has 0 saturated carbocycles. The number of halogens is 2. The van der Waals surface area contributed by atoms with Gasteiger partial charge in [0.15, 0.2) is 11.6 Å². The average Bonchev–Trinajstić information content (AvgIpc) is 2.12. The van der Waals surface area contributed by atoms with Crippen molar-refractivity contribution in [2.75, 3.05) is 0 Å². The average molecular weight is 230 g/mol. The third-order valence-electron chi connectivity index (χ3n) is 2.34. The summed E-state index contributed by atoms with van der Waals surface area (Å²) < 4.78 is 25.7. The zero-order valence-corrected chi connectivity index (χ0v) is 8.87. The summed E-state index contributed by atoms with van der Waals surface area (Å²) >= 11 is 0. The molecular weight excluding hydrogens is 218 g/mol. The van der Waals surface area contributed by atoms with Crippen LogP contribution in [0.4, 0.5) is 8.78 Å². The van der Waals surface area contributed by atoms with Gasteiger partial charge in [-0.1, -0.05) is 13.8 Å². The molecule has 0 radical (unpaired) electrons. The van der Waals surface area contributed by atoms with Crippen molar-refractivity contribution in [3.8, 4) is 5.75 Å². The fourth-order valence-corrected chi connectivity index (χ4v) is 1.58. The van der Waals surface area contributed by atoms with E-state index in [1.54, 1.807) is 13.8 Å². The van der Waals surface area contributed by atoms with Gasteiger partial charge >= 0.3 is 5.97 Å². The molecule has 0 spiro atoms. The van der Waals surface area contributed by atoms with E-state index in [-0.39, 0.29) is 11.5 Å². The summed E-state index contributed by atoms with van der Waals surface area (Å²) in [6, 6.07) is 1.31. The largest absolute Gasteiger partial charge is 0.508 e. The van der Waals surface area contributed by atoms with Crippen LogP contribution in [0.2, 0.25) is 0 Å². The molecule has 0 aliphatic carbocycles. The van der Waals surface area contributed by atoms with Crippen LogP contribution in [0.1, 0.15) is 25.3 Å². The summed E-state index contributed by atoms with van der Waals surface area (Å²) in [5.74, 6) is -5.49. The highest BCUT2D eigenvalue weighted by molar-refractivity contribution is 5.77. The minimum atomic E-state index is -1.20. The van der Waals surface area contributed by atoms with Crippen molar-refractivity contribution in [3.63, 3.8) is 0 Å². The highest BCUT2D eigenvalue weighted by Gasteiger charge is 2.27. The van der Waals surface area contributed by atoms with Crippen LogP contribution in [0, 0.1) is 17.6 Å². The third kappa shape index (κ3) is 2.29. The van der Waals surface area contributed by atoms with Crippen LogP contribution in [-0.2, 0) is 4.79 Å². The predicted molar refractivity (Wildman–Crippen MR) is 53.2 cm³/mol. The summed E-state index contributed by atoms with van der Waals surface area (Å²) in [6.45, 7) is 3.25. The summed E-state index contributed by atoms with van der Waals surface area (Å²) in [5.41, 5.74) is -0.110. The maximum atomic E-state index is 13.0. The number of hydrogen-bond acceptors (Lipinski definition) is 2. The molecule has 0 aromatic heterocycles. The van der Waals surface area contributed by atoms with Gasteiger partial charge in [0, 0.05) is 11.6 Å². The molecule has 1 rings (SSSR count). The summed E-state index contributed by atoms with van der Waals surface area (Å²) in [6.07, 6.45) is 0. The molecule has 88 valence electrons. The Labute approximate surface area is 91.3 Å². The van der Waals surface area contributed by atoms with Gasteiger partial charge in [0.1, 0.15) is 5.75 Å². The first kappa shape index (κ1) is 12.4. The monoisotopic (exact) mass is 230 g/mol. The number of carboxylic acids is 1. The van der Waals surface area contributed by atoms with Crippen molar-refractivity contribution in [1.82, 2.24) is 0 Å². The number of hydrogen-bond donors (Lipinski definition) is 2. The maximum Gasteiger partial charge on any atom is 0.311 e. The van der Waals surface area contributed by atoms with Gasteiger partial charge in [0.05, 0.1) is 5.92 Å². The molecule has 3 nitrogen and oxygen atoms in total. The second-order valence-electron chi connectivity index (χ2n) is 3.89. The number of carboxylic acid groups (broad SMARTS) is 1. The Morgan fingerprint density at radius 1 is 1.25 bits per heavy atom. The molecule has 1 atom stereocenters. The molecule has 0 bridgehead atoms. The van der Waals surface area contributed by atoms with Gasteiger partial charge in [0.25, 0.3) is 0 Å². The molecule has 0 amide bonds. The van der Waals surface area contributed by atoms with E-state index in [0.717, 1.165) is 6.07 Å². The summed E-state index contributed by atoms with van der Waals surface area (Å²) in [5, 5.41) is 18.4. The van der Waals surface area contributed by atoms with E-state index in [1.165, 1.54) is 0 Å². The Kier molecular flexibility index (Phi) is 3.47. The molecule has 1 aromatic carbocycles. The van der Waals surface area contributed by atoms with Crippen molar-refractivity contribution in [2.24, 2.45) is 5.92 Å². The first-order chi connectivity index (χ1) is 7.34. The minimum absolute atomic E-state index is 0.110. The summed E-state index contributed by atoms with van der Waals surface area (Å²) in [7, 11) is 0. The van der Waals surface area contributed by atoms with Gasteiger partial charge in [-0.3, -0.25) is 4.79 Å². The SMILES string of the molecule is CC(C)C(C(=O)O)c1cc(F)c(F)cc1O. The second-order valence-corrected chi connectivity index (χ2v) is 3.89. The molecule has 5 heteroatoms. The fourth-order valence-electron chi connectivity index (χ4n) is 1.58. The number of phenols is 1. The van der Waals surface area contributed by atoms with E-state index in [4.69, 9.17) is 5.11 Å². The van der Waals surface area contributed by atoms with Gasteiger partial charge in [-0.2, -0.15) is 0 Å². The number of aliphatic carboxylic acids is 1. The zero-order valence-electron chi connectivity index (χ0n) is 8.87. The van der Waals surface area contributed by atoms with Crippen molar-refractivity contribution >= 4 is 5.97 Å². The van der Waals surface area contributed by atoms with Crippen LogP contribution < -0.4 is 0 Å². The van der Waals surface area contributed by atoms with E-state index >= 15 is 0 Å². The Balaban J connectivity index is 3.30. The van der Waals surface area contributed by atoms with Gasteiger partial charge in [-0.25, -0.2) is 8.78 Å². The fraction of sp³-hybridized carbons (Fsp3) is 0.364. The molecule has 0 aliphatic heterocycles. The Hall–Kier alpha value is -1.65. The Morgan fingerprint density at radius 3 is 2.19 bits per heavy atom. The van der Waals surface area contributed by atoms with Crippen LogP contribution in [0.25, 0.3) is 0 Å². The van der Waals surface area contributed by atoms with Gasteiger partial charge in [-0.05, 0) is 12.0 Å². The number of carbonyl (C=O) groups is 1. The minimum Gasteiger partial charge on any atom is -0.508 e. The second kappa shape index (κ2) is 4.47. The number of phenolic OH excluding ortho intramolecular Hbond substituents is 1.